The number of hydrogen-bond donors (Lipinski definition) is 0. The lowest BCUT2D eigenvalue weighted by Crippen LogP contribution is -2.49. The zero-order chi connectivity index (χ0) is 22.6. The lowest BCUT2D eigenvalue weighted by Gasteiger charge is -2.34. The van der Waals surface area contributed by atoms with E-state index in [1.54, 1.807) is 41.6 Å². The highest BCUT2D eigenvalue weighted by molar-refractivity contribution is 7.89. The Labute approximate surface area is 187 Å². The van der Waals surface area contributed by atoms with Crippen LogP contribution in [-0.4, -0.2) is 93.1 Å². The van der Waals surface area contributed by atoms with E-state index in [0.29, 0.717) is 64.0 Å². The molecule has 0 N–H and O–H groups in total. The lowest BCUT2D eigenvalue weighted by molar-refractivity contribution is -0.130. The van der Waals surface area contributed by atoms with E-state index in [-0.39, 0.29) is 23.0 Å². The number of amides is 1. The Morgan fingerprint density at radius 2 is 1.75 bits per heavy atom. The first-order valence-electron chi connectivity index (χ1n) is 10.5. The molecule has 4 rings (SSSR count). The van der Waals surface area contributed by atoms with Crippen LogP contribution in [0.3, 0.4) is 0 Å². The quantitative estimate of drug-likeness (QED) is 0.609. The van der Waals surface area contributed by atoms with Gasteiger partial charge in [-0.1, -0.05) is 6.07 Å². The number of ether oxygens (including phenoxy) is 2. The second-order valence-corrected chi connectivity index (χ2v) is 9.50. The Bertz CT molecular complexity index is 1040. The fourth-order valence-electron chi connectivity index (χ4n) is 3.86. The third-order valence-corrected chi connectivity index (χ3v) is 7.56. The molecule has 0 radical (unpaired) electrons. The van der Waals surface area contributed by atoms with Gasteiger partial charge in [0.25, 0.3) is 0 Å². The number of rotatable bonds is 6. The molecule has 11 heteroatoms. The van der Waals surface area contributed by atoms with Crippen molar-refractivity contribution < 1.29 is 22.7 Å². The first kappa shape index (κ1) is 22.4. The fourth-order valence-corrected chi connectivity index (χ4v) is 5.47. The fraction of sp³-hybridized carbons (Fsp3) is 0.476. The number of carbonyl (C=O) groups excluding carboxylic acids is 1. The lowest BCUT2D eigenvalue weighted by atomic mass is 10.1. The number of morpholine rings is 1. The SMILES string of the molecule is COc1ccc(CC(=O)N2CCN(c3ncccn3)CC2)cc1S(=O)(=O)N1CCOCC1. The Hall–Kier alpha value is -2.76. The largest absolute Gasteiger partial charge is 0.495 e. The third kappa shape index (κ3) is 4.84. The van der Waals surface area contributed by atoms with Gasteiger partial charge in [0.2, 0.25) is 21.9 Å². The molecule has 172 valence electrons. The van der Waals surface area contributed by atoms with Crippen molar-refractivity contribution in [3.8, 4) is 5.75 Å². The van der Waals surface area contributed by atoms with Gasteiger partial charge in [0.15, 0.2) is 0 Å². The smallest absolute Gasteiger partial charge is 0.246 e. The summed E-state index contributed by atoms with van der Waals surface area (Å²) in [6.07, 6.45) is 3.52. The molecule has 0 unspecified atom stereocenters. The molecule has 0 spiro atoms. The van der Waals surface area contributed by atoms with Crippen LogP contribution in [0.15, 0.2) is 41.6 Å². The summed E-state index contributed by atoms with van der Waals surface area (Å²) in [7, 11) is -2.30. The van der Waals surface area contributed by atoms with Crippen LogP contribution in [0.1, 0.15) is 5.56 Å². The average molecular weight is 462 g/mol. The predicted molar refractivity (Wildman–Crippen MR) is 117 cm³/mol. The monoisotopic (exact) mass is 461 g/mol. The van der Waals surface area contributed by atoms with Gasteiger partial charge in [0.1, 0.15) is 10.6 Å². The molecule has 2 aromatic rings. The van der Waals surface area contributed by atoms with Gasteiger partial charge in [-0.2, -0.15) is 4.31 Å². The van der Waals surface area contributed by atoms with E-state index in [1.807, 2.05) is 4.90 Å². The Morgan fingerprint density at radius 3 is 2.41 bits per heavy atom. The number of aromatic nitrogens is 2. The van der Waals surface area contributed by atoms with Crippen molar-refractivity contribution in [2.45, 2.75) is 11.3 Å². The predicted octanol–water partition coefficient (Wildman–Crippen LogP) is 0.397. The van der Waals surface area contributed by atoms with Gasteiger partial charge in [-0.15, -0.1) is 0 Å². The maximum absolute atomic E-state index is 13.2. The molecule has 0 saturated carbocycles. The minimum Gasteiger partial charge on any atom is -0.495 e. The highest BCUT2D eigenvalue weighted by atomic mass is 32.2. The van der Waals surface area contributed by atoms with Crippen LogP contribution < -0.4 is 9.64 Å². The van der Waals surface area contributed by atoms with Gasteiger partial charge in [-0.25, -0.2) is 18.4 Å². The maximum atomic E-state index is 13.2. The van der Waals surface area contributed by atoms with Crippen LogP contribution in [0, 0.1) is 0 Å². The van der Waals surface area contributed by atoms with Gasteiger partial charge >= 0.3 is 0 Å². The van der Waals surface area contributed by atoms with Crippen molar-refractivity contribution in [3.63, 3.8) is 0 Å². The van der Waals surface area contributed by atoms with Crippen LogP contribution in [0.5, 0.6) is 5.75 Å². The summed E-state index contributed by atoms with van der Waals surface area (Å²) in [4.78, 5) is 25.3. The van der Waals surface area contributed by atoms with Crippen molar-refractivity contribution in [1.82, 2.24) is 19.2 Å². The van der Waals surface area contributed by atoms with Gasteiger partial charge in [0, 0.05) is 51.7 Å². The topological polar surface area (TPSA) is 105 Å². The highest BCUT2D eigenvalue weighted by Crippen LogP contribution is 2.29. The second kappa shape index (κ2) is 9.80. The number of sulfonamides is 1. The third-order valence-electron chi connectivity index (χ3n) is 5.64. The number of methoxy groups -OCH3 is 1. The van der Waals surface area contributed by atoms with E-state index in [2.05, 4.69) is 9.97 Å². The molecule has 2 aliphatic rings. The molecule has 0 atom stereocenters. The van der Waals surface area contributed by atoms with Crippen molar-refractivity contribution in [1.29, 1.82) is 0 Å². The number of anilines is 1. The summed E-state index contributed by atoms with van der Waals surface area (Å²) < 4.78 is 38.3. The summed E-state index contributed by atoms with van der Waals surface area (Å²) in [5.41, 5.74) is 0.636. The van der Waals surface area contributed by atoms with Crippen LogP contribution >= 0.6 is 0 Å². The van der Waals surface area contributed by atoms with Crippen molar-refractivity contribution in [2.75, 3.05) is 64.5 Å². The highest BCUT2D eigenvalue weighted by Gasteiger charge is 2.30. The maximum Gasteiger partial charge on any atom is 0.246 e. The van der Waals surface area contributed by atoms with E-state index >= 15 is 0 Å². The van der Waals surface area contributed by atoms with E-state index in [0.717, 1.165) is 0 Å². The van der Waals surface area contributed by atoms with Crippen molar-refractivity contribution >= 4 is 21.9 Å². The molecule has 2 fully saturated rings. The van der Waals surface area contributed by atoms with Gasteiger partial charge in [-0.05, 0) is 23.8 Å². The van der Waals surface area contributed by atoms with Gasteiger partial charge < -0.3 is 19.3 Å². The van der Waals surface area contributed by atoms with Crippen LogP contribution in [0.25, 0.3) is 0 Å². The molecular weight excluding hydrogens is 434 g/mol. The summed E-state index contributed by atoms with van der Waals surface area (Å²) in [5, 5.41) is 0. The molecule has 10 nitrogen and oxygen atoms in total. The Kier molecular flexibility index (Phi) is 6.87. The van der Waals surface area contributed by atoms with Crippen LogP contribution in [-0.2, 0) is 26.0 Å². The van der Waals surface area contributed by atoms with Crippen LogP contribution in [0.4, 0.5) is 5.95 Å². The first-order valence-corrected chi connectivity index (χ1v) is 12.0. The molecule has 1 aromatic heterocycles. The Balaban J connectivity index is 1.44. The summed E-state index contributed by atoms with van der Waals surface area (Å²) in [6.45, 7) is 3.73. The molecule has 0 bridgehead atoms. The first-order chi connectivity index (χ1) is 15.5. The number of carbonyl (C=O) groups is 1. The molecule has 2 saturated heterocycles. The normalized spacial score (nSPS) is 17.9. The van der Waals surface area contributed by atoms with Crippen molar-refractivity contribution in [3.05, 3.63) is 42.2 Å². The second-order valence-electron chi connectivity index (χ2n) is 7.60. The number of nitrogens with zero attached hydrogens (tertiary/aromatic N) is 5. The molecule has 2 aliphatic heterocycles. The number of piperazine rings is 1. The van der Waals surface area contributed by atoms with Gasteiger partial charge in [0.05, 0.1) is 26.7 Å². The van der Waals surface area contributed by atoms with Gasteiger partial charge in [-0.3, -0.25) is 4.79 Å². The minimum atomic E-state index is -3.74. The Morgan fingerprint density at radius 1 is 1.06 bits per heavy atom. The summed E-state index contributed by atoms with van der Waals surface area (Å²) in [5.74, 6) is 0.885. The molecule has 0 aliphatic carbocycles. The number of hydrogen-bond acceptors (Lipinski definition) is 8. The zero-order valence-electron chi connectivity index (χ0n) is 18.0. The zero-order valence-corrected chi connectivity index (χ0v) is 18.8. The molecule has 3 heterocycles. The van der Waals surface area contributed by atoms with E-state index in [1.165, 1.54) is 11.4 Å². The van der Waals surface area contributed by atoms with E-state index in [4.69, 9.17) is 9.47 Å². The minimum absolute atomic E-state index is 0.0430. The summed E-state index contributed by atoms with van der Waals surface area (Å²) >= 11 is 0. The molecule has 1 amide bonds. The molecule has 1 aromatic carbocycles. The summed E-state index contributed by atoms with van der Waals surface area (Å²) in [6, 6.07) is 6.67. The number of benzene rings is 1. The van der Waals surface area contributed by atoms with E-state index in [9.17, 15) is 13.2 Å². The standard InChI is InChI=1S/C21H27N5O5S/c1-30-18-4-3-17(15-19(18)32(28,29)26-11-13-31-14-12-26)16-20(27)24-7-9-25(10-8-24)21-22-5-2-6-23-21/h2-6,15H,7-14,16H2,1H3. The molecule has 32 heavy (non-hydrogen) atoms. The molecular formula is C21H27N5O5S. The van der Waals surface area contributed by atoms with Crippen LogP contribution in [0.2, 0.25) is 0 Å². The van der Waals surface area contributed by atoms with Crippen molar-refractivity contribution in [2.24, 2.45) is 0 Å². The van der Waals surface area contributed by atoms with E-state index < -0.39 is 10.0 Å². The average Bonchev–Trinajstić information content (AvgIpc) is 2.85.